The fourth-order valence-corrected chi connectivity index (χ4v) is 3.50. The molecule has 3 heterocycles. The van der Waals surface area contributed by atoms with Crippen molar-refractivity contribution in [3.63, 3.8) is 0 Å². The van der Waals surface area contributed by atoms with Crippen molar-refractivity contribution in [2.24, 2.45) is 0 Å². The summed E-state index contributed by atoms with van der Waals surface area (Å²) in [5.74, 6) is 0.946. The first-order valence-corrected chi connectivity index (χ1v) is 9.84. The van der Waals surface area contributed by atoms with E-state index in [1.807, 2.05) is 4.90 Å². The van der Waals surface area contributed by atoms with Crippen LogP contribution >= 0.6 is 11.6 Å². The van der Waals surface area contributed by atoms with E-state index in [4.69, 9.17) is 16.3 Å². The Kier molecular flexibility index (Phi) is 5.98. The van der Waals surface area contributed by atoms with Crippen molar-refractivity contribution < 1.29 is 22.8 Å². The van der Waals surface area contributed by atoms with Gasteiger partial charge in [0.25, 0.3) is 5.69 Å². The highest BCUT2D eigenvalue weighted by Crippen LogP contribution is 2.33. The van der Waals surface area contributed by atoms with Gasteiger partial charge in [-0.15, -0.1) is 0 Å². The molecule has 0 aliphatic carbocycles. The van der Waals surface area contributed by atoms with E-state index in [1.165, 1.54) is 6.20 Å². The third kappa shape index (κ3) is 4.81. The minimum Gasteiger partial charge on any atom is -0.378 e. The third-order valence-corrected chi connectivity index (χ3v) is 5.02. The molecule has 1 aliphatic rings. The number of hydrogen-bond acceptors (Lipinski definition) is 8. The summed E-state index contributed by atoms with van der Waals surface area (Å²) in [5.41, 5.74) is -1.25. The number of pyridine rings is 1. The molecule has 1 aromatic carbocycles. The fourth-order valence-electron chi connectivity index (χ4n) is 3.32. The van der Waals surface area contributed by atoms with E-state index in [0.29, 0.717) is 49.1 Å². The van der Waals surface area contributed by atoms with Gasteiger partial charge in [0.15, 0.2) is 0 Å². The Balaban J connectivity index is 1.66. The smallest absolute Gasteiger partial charge is 0.378 e. The summed E-state index contributed by atoms with van der Waals surface area (Å²) in [6, 6.07) is 4.19. The average molecular weight is 469 g/mol. The summed E-state index contributed by atoms with van der Waals surface area (Å²) in [6.45, 7) is 2.29. The minimum atomic E-state index is -4.72. The Labute approximate surface area is 184 Å². The van der Waals surface area contributed by atoms with Gasteiger partial charge in [-0.05, 0) is 29.3 Å². The largest absolute Gasteiger partial charge is 0.416 e. The van der Waals surface area contributed by atoms with Gasteiger partial charge < -0.3 is 15.0 Å². The number of non-ortho nitro benzene ring substituents is 1. The highest BCUT2D eigenvalue weighted by molar-refractivity contribution is 6.28. The first-order chi connectivity index (χ1) is 15.2. The highest BCUT2D eigenvalue weighted by atomic mass is 35.5. The Morgan fingerprint density at radius 2 is 1.94 bits per heavy atom. The molecule has 32 heavy (non-hydrogen) atoms. The number of fused-ring (bicyclic) bond motifs is 1. The second-order valence-corrected chi connectivity index (χ2v) is 7.33. The van der Waals surface area contributed by atoms with Crippen LogP contribution in [0.25, 0.3) is 10.9 Å². The Morgan fingerprint density at radius 3 is 2.62 bits per heavy atom. The highest BCUT2D eigenvalue weighted by Gasteiger charge is 2.32. The van der Waals surface area contributed by atoms with Crippen LogP contribution in [-0.4, -0.2) is 46.2 Å². The van der Waals surface area contributed by atoms with Crippen molar-refractivity contribution in [1.82, 2.24) is 15.0 Å². The fraction of sp³-hybridized carbons (Fsp3) is 0.316. The molecule has 2 aromatic heterocycles. The SMILES string of the molecule is O=[N+]([O-])c1cc(CNc2nc(Cl)nc3cnc(N4CCOCC4)cc23)cc(C(F)(F)F)c1. The molecule has 0 radical (unpaired) electrons. The molecule has 168 valence electrons. The summed E-state index contributed by atoms with van der Waals surface area (Å²) in [6.07, 6.45) is -3.18. The number of nitrogens with zero attached hydrogens (tertiary/aromatic N) is 5. The van der Waals surface area contributed by atoms with Crippen LogP contribution in [0.15, 0.2) is 30.5 Å². The van der Waals surface area contributed by atoms with Crippen LogP contribution in [0.3, 0.4) is 0 Å². The standard InChI is InChI=1S/C19H16ClF3N6O3/c20-18-26-15-10-24-16(28-1-3-32-4-2-28)8-14(15)17(27-18)25-9-11-5-12(19(21,22)23)7-13(6-11)29(30)31/h5-8,10H,1-4,9H2,(H,25,26,27). The zero-order valence-corrected chi connectivity index (χ0v) is 17.2. The van der Waals surface area contributed by atoms with Gasteiger partial charge in [0.2, 0.25) is 5.28 Å². The maximum absolute atomic E-state index is 13.2. The number of nitrogens with one attached hydrogen (secondary N) is 1. The Morgan fingerprint density at radius 1 is 1.19 bits per heavy atom. The van der Waals surface area contributed by atoms with Crippen molar-refractivity contribution >= 4 is 39.8 Å². The van der Waals surface area contributed by atoms with Crippen LogP contribution in [0.5, 0.6) is 0 Å². The number of nitro benzene ring substituents is 1. The zero-order valence-electron chi connectivity index (χ0n) is 16.4. The predicted octanol–water partition coefficient (Wildman–Crippen LogP) is 4.05. The van der Waals surface area contributed by atoms with Crippen LogP contribution in [-0.2, 0) is 17.5 Å². The van der Waals surface area contributed by atoms with E-state index in [-0.39, 0.29) is 23.2 Å². The van der Waals surface area contributed by atoms with Gasteiger partial charge >= 0.3 is 6.18 Å². The molecule has 1 N–H and O–H groups in total. The second kappa shape index (κ2) is 8.71. The number of alkyl halides is 3. The van der Waals surface area contributed by atoms with Crippen LogP contribution in [0.1, 0.15) is 11.1 Å². The number of benzene rings is 1. The summed E-state index contributed by atoms with van der Waals surface area (Å²) >= 11 is 5.99. The van der Waals surface area contributed by atoms with Gasteiger partial charge in [0.1, 0.15) is 11.6 Å². The van der Waals surface area contributed by atoms with E-state index >= 15 is 0 Å². The number of morpholine rings is 1. The number of nitro groups is 1. The van der Waals surface area contributed by atoms with E-state index in [1.54, 1.807) is 6.07 Å². The average Bonchev–Trinajstić information content (AvgIpc) is 2.77. The van der Waals surface area contributed by atoms with Gasteiger partial charge in [0, 0.05) is 37.2 Å². The lowest BCUT2D eigenvalue weighted by molar-refractivity contribution is -0.385. The van der Waals surface area contributed by atoms with Gasteiger partial charge in [-0.3, -0.25) is 10.1 Å². The first kappa shape index (κ1) is 22.0. The van der Waals surface area contributed by atoms with E-state index in [2.05, 4.69) is 20.3 Å². The third-order valence-electron chi connectivity index (χ3n) is 4.85. The molecular weight excluding hydrogens is 453 g/mol. The monoisotopic (exact) mass is 468 g/mol. The summed E-state index contributed by atoms with van der Waals surface area (Å²) in [7, 11) is 0. The number of rotatable bonds is 5. The normalized spacial score (nSPS) is 14.6. The molecule has 4 rings (SSSR count). The summed E-state index contributed by atoms with van der Waals surface area (Å²) < 4.78 is 44.8. The first-order valence-electron chi connectivity index (χ1n) is 9.46. The minimum absolute atomic E-state index is 0.0665. The van der Waals surface area contributed by atoms with Gasteiger partial charge in [-0.25, -0.2) is 15.0 Å². The van der Waals surface area contributed by atoms with Crippen molar-refractivity contribution in [3.05, 3.63) is 57.0 Å². The lowest BCUT2D eigenvalue weighted by atomic mass is 10.1. The van der Waals surface area contributed by atoms with Gasteiger partial charge in [-0.1, -0.05) is 0 Å². The maximum atomic E-state index is 13.2. The topological polar surface area (TPSA) is 106 Å². The molecule has 1 saturated heterocycles. The molecule has 13 heteroatoms. The molecule has 1 aliphatic heterocycles. The predicted molar refractivity (Wildman–Crippen MR) is 111 cm³/mol. The second-order valence-electron chi connectivity index (χ2n) is 7.00. The number of anilines is 2. The van der Waals surface area contributed by atoms with E-state index in [0.717, 1.165) is 12.1 Å². The van der Waals surface area contributed by atoms with Crippen LogP contribution in [0.2, 0.25) is 5.28 Å². The Hall–Kier alpha value is -3.25. The van der Waals surface area contributed by atoms with E-state index in [9.17, 15) is 23.3 Å². The summed E-state index contributed by atoms with van der Waals surface area (Å²) in [4.78, 5) is 24.9. The number of hydrogen-bond donors (Lipinski definition) is 1. The van der Waals surface area contributed by atoms with Crippen LogP contribution < -0.4 is 10.2 Å². The van der Waals surface area contributed by atoms with Crippen LogP contribution in [0, 0.1) is 10.1 Å². The zero-order chi connectivity index (χ0) is 22.9. The number of halogens is 4. The molecule has 0 unspecified atom stereocenters. The maximum Gasteiger partial charge on any atom is 0.416 e. The quantitative estimate of drug-likeness (QED) is 0.339. The molecule has 0 amide bonds. The molecule has 1 fully saturated rings. The molecule has 0 bridgehead atoms. The molecule has 0 spiro atoms. The number of ether oxygens (including phenoxy) is 1. The van der Waals surface area contributed by atoms with Crippen molar-refractivity contribution in [2.75, 3.05) is 36.5 Å². The van der Waals surface area contributed by atoms with Crippen molar-refractivity contribution in [3.8, 4) is 0 Å². The van der Waals surface area contributed by atoms with E-state index < -0.39 is 22.4 Å². The van der Waals surface area contributed by atoms with Crippen LogP contribution in [0.4, 0.5) is 30.5 Å². The van der Waals surface area contributed by atoms with Gasteiger partial charge in [0.05, 0.1) is 35.4 Å². The lowest BCUT2D eigenvalue weighted by Crippen LogP contribution is -2.36. The molecule has 3 aromatic rings. The lowest BCUT2D eigenvalue weighted by Gasteiger charge is -2.28. The molecule has 0 saturated carbocycles. The number of aromatic nitrogens is 3. The summed E-state index contributed by atoms with van der Waals surface area (Å²) in [5, 5.41) is 14.5. The molecule has 0 atom stereocenters. The Bertz CT molecular complexity index is 1170. The molecular formula is C19H16ClF3N6O3. The van der Waals surface area contributed by atoms with Gasteiger partial charge in [-0.2, -0.15) is 13.2 Å². The van der Waals surface area contributed by atoms with Crippen molar-refractivity contribution in [2.45, 2.75) is 12.7 Å². The molecule has 9 nitrogen and oxygen atoms in total. The van der Waals surface area contributed by atoms with Crippen molar-refractivity contribution in [1.29, 1.82) is 0 Å².